The highest BCUT2D eigenvalue weighted by atomic mass is 35.5. The molecule has 0 bridgehead atoms. The highest BCUT2D eigenvalue weighted by Crippen LogP contribution is 2.19. The minimum Gasteiger partial charge on any atom is -0.494 e. The molecule has 0 spiro atoms. The lowest BCUT2D eigenvalue weighted by Gasteiger charge is -2.35. The van der Waals surface area contributed by atoms with Gasteiger partial charge in [0.15, 0.2) is 0 Å². The Morgan fingerprint density at radius 2 is 1.70 bits per heavy atom. The molecule has 1 aliphatic rings. The molecule has 7 heteroatoms. The molecule has 142 valence electrons. The van der Waals surface area contributed by atoms with Crippen LogP contribution in [0.25, 0.3) is 0 Å². The molecule has 2 amide bonds. The van der Waals surface area contributed by atoms with Gasteiger partial charge in [0.2, 0.25) is 0 Å². The van der Waals surface area contributed by atoms with E-state index < -0.39 is 11.7 Å². The van der Waals surface area contributed by atoms with E-state index in [2.05, 4.69) is 0 Å². The van der Waals surface area contributed by atoms with E-state index in [0.717, 1.165) is 0 Å². The second-order valence-corrected chi connectivity index (χ2v) is 6.61. The summed E-state index contributed by atoms with van der Waals surface area (Å²) in [4.78, 5) is 28.5. The summed E-state index contributed by atoms with van der Waals surface area (Å²) in [5, 5.41) is 0.308. The number of rotatable bonds is 4. The number of carbonyl (C=O) groups excluding carboxylic acids is 2. The molecule has 0 saturated carbocycles. The third kappa shape index (κ3) is 4.39. The van der Waals surface area contributed by atoms with Crippen LogP contribution in [0.5, 0.6) is 5.75 Å². The van der Waals surface area contributed by atoms with Gasteiger partial charge in [-0.05, 0) is 43.3 Å². The van der Waals surface area contributed by atoms with E-state index in [1.165, 1.54) is 23.1 Å². The predicted octanol–water partition coefficient (Wildman–Crippen LogP) is 3.48. The Hall–Kier alpha value is -2.60. The van der Waals surface area contributed by atoms with Crippen molar-refractivity contribution < 1.29 is 18.7 Å². The second kappa shape index (κ2) is 8.39. The van der Waals surface area contributed by atoms with Crippen LogP contribution in [0.2, 0.25) is 5.02 Å². The van der Waals surface area contributed by atoms with Gasteiger partial charge in [0, 0.05) is 36.8 Å². The lowest BCUT2D eigenvalue weighted by Crippen LogP contribution is -2.50. The van der Waals surface area contributed by atoms with Crippen LogP contribution in [0.3, 0.4) is 0 Å². The topological polar surface area (TPSA) is 49.9 Å². The minimum absolute atomic E-state index is 0.0494. The summed E-state index contributed by atoms with van der Waals surface area (Å²) in [5.74, 6) is -0.484. The van der Waals surface area contributed by atoms with Crippen molar-refractivity contribution in [1.82, 2.24) is 9.80 Å². The van der Waals surface area contributed by atoms with Gasteiger partial charge in [-0.2, -0.15) is 0 Å². The average Bonchev–Trinajstić information content (AvgIpc) is 2.69. The first-order chi connectivity index (χ1) is 13.0. The van der Waals surface area contributed by atoms with Gasteiger partial charge >= 0.3 is 0 Å². The highest BCUT2D eigenvalue weighted by Gasteiger charge is 2.27. The third-order valence-electron chi connectivity index (χ3n) is 4.40. The molecule has 1 heterocycles. The van der Waals surface area contributed by atoms with Crippen molar-refractivity contribution in [2.75, 3.05) is 32.8 Å². The quantitative estimate of drug-likeness (QED) is 0.803. The average molecular weight is 391 g/mol. The Labute approximate surface area is 162 Å². The normalized spacial score (nSPS) is 14.2. The van der Waals surface area contributed by atoms with E-state index in [1.807, 2.05) is 6.92 Å². The lowest BCUT2D eigenvalue weighted by atomic mass is 10.1. The summed E-state index contributed by atoms with van der Waals surface area (Å²) in [6, 6.07) is 10.9. The maximum Gasteiger partial charge on any atom is 0.257 e. The Morgan fingerprint density at radius 3 is 2.37 bits per heavy atom. The zero-order valence-corrected chi connectivity index (χ0v) is 15.7. The summed E-state index contributed by atoms with van der Waals surface area (Å²) in [6.45, 7) is 3.84. The number of benzene rings is 2. The number of hydrogen-bond acceptors (Lipinski definition) is 3. The van der Waals surface area contributed by atoms with Gasteiger partial charge in [0.05, 0.1) is 12.2 Å². The minimum atomic E-state index is -0.601. The lowest BCUT2D eigenvalue weighted by molar-refractivity contribution is 0.0532. The number of nitrogens with zero attached hydrogens (tertiary/aromatic N) is 2. The van der Waals surface area contributed by atoms with E-state index in [0.29, 0.717) is 49.1 Å². The molecule has 3 rings (SSSR count). The van der Waals surface area contributed by atoms with Crippen molar-refractivity contribution in [3.05, 3.63) is 64.4 Å². The van der Waals surface area contributed by atoms with Crippen molar-refractivity contribution in [2.45, 2.75) is 6.92 Å². The fourth-order valence-electron chi connectivity index (χ4n) is 3.01. The van der Waals surface area contributed by atoms with Crippen LogP contribution in [0, 0.1) is 5.82 Å². The highest BCUT2D eigenvalue weighted by molar-refractivity contribution is 6.31. The van der Waals surface area contributed by atoms with Gasteiger partial charge in [-0.15, -0.1) is 0 Å². The smallest absolute Gasteiger partial charge is 0.257 e. The first-order valence-electron chi connectivity index (χ1n) is 8.76. The number of ether oxygens (including phenoxy) is 1. The van der Waals surface area contributed by atoms with Gasteiger partial charge in [-0.3, -0.25) is 9.59 Å². The fraction of sp³-hybridized carbons (Fsp3) is 0.300. The fourth-order valence-corrected chi connectivity index (χ4v) is 3.18. The van der Waals surface area contributed by atoms with Crippen LogP contribution in [0.1, 0.15) is 27.6 Å². The third-order valence-corrected chi connectivity index (χ3v) is 4.64. The molecule has 5 nitrogen and oxygen atoms in total. The number of hydrogen-bond donors (Lipinski definition) is 0. The van der Waals surface area contributed by atoms with E-state index >= 15 is 0 Å². The van der Waals surface area contributed by atoms with Crippen LogP contribution < -0.4 is 4.74 Å². The Kier molecular flexibility index (Phi) is 5.96. The molecule has 1 fully saturated rings. The summed E-state index contributed by atoms with van der Waals surface area (Å²) in [7, 11) is 0. The van der Waals surface area contributed by atoms with Gasteiger partial charge in [0.1, 0.15) is 11.6 Å². The molecule has 0 N–H and O–H groups in total. The molecule has 1 aliphatic heterocycles. The molecule has 2 aromatic carbocycles. The molecule has 27 heavy (non-hydrogen) atoms. The second-order valence-electron chi connectivity index (χ2n) is 6.17. The molecule has 0 atom stereocenters. The summed E-state index contributed by atoms with van der Waals surface area (Å²) in [5.41, 5.74) is 0.494. The first kappa shape index (κ1) is 19.2. The summed E-state index contributed by atoms with van der Waals surface area (Å²) >= 11 is 5.87. The predicted molar refractivity (Wildman–Crippen MR) is 101 cm³/mol. The number of amides is 2. The SMILES string of the molecule is CCOc1cccc(C(=O)N2CCN(C(=O)c3cc(Cl)ccc3F)CC2)c1. The molecule has 0 radical (unpaired) electrons. The van der Waals surface area contributed by atoms with Gasteiger partial charge in [0.25, 0.3) is 11.8 Å². The zero-order valence-electron chi connectivity index (χ0n) is 15.0. The van der Waals surface area contributed by atoms with E-state index in [9.17, 15) is 14.0 Å². The van der Waals surface area contributed by atoms with E-state index in [1.54, 1.807) is 29.2 Å². The first-order valence-corrected chi connectivity index (χ1v) is 9.14. The van der Waals surface area contributed by atoms with Crippen LogP contribution in [0.15, 0.2) is 42.5 Å². The molecule has 1 saturated heterocycles. The Balaban J connectivity index is 1.64. The molecule has 0 aliphatic carbocycles. The van der Waals surface area contributed by atoms with Crippen LogP contribution in [-0.4, -0.2) is 54.4 Å². The van der Waals surface area contributed by atoms with Crippen molar-refractivity contribution in [3.63, 3.8) is 0 Å². The van der Waals surface area contributed by atoms with Crippen LogP contribution in [0.4, 0.5) is 4.39 Å². The largest absolute Gasteiger partial charge is 0.494 e. The number of carbonyl (C=O) groups is 2. The molecular weight excluding hydrogens is 371 g/mol. The van der Waals surface area contributed by atoms with Crippen molar-refractivity contribution >= 4 is 23.4 Å². The standard InChI is InChI=1S/C20H20ClFN2O3/c1-2-27-16-5-3-4-14(12-16)19(25)23-8-10-24(11-9-23)20(26)17-13-15(21)6-7-18(17)22/h3-7,12-13H,2,8-11H2,1H3. The molecule has 0 aromatic heterocycles. The van der Waals surface area contributed by atoms with Crippen LogP contribution in [-0.2, 0) is 0 Å². The van der Waals surface area contributed by atoms with Crippen molar-refractivity contribution in [3.8, 4) is 5.75 Å². The van der Waals surface area contributed by atoms with Gasteiger partial charge in [-0.1, -0.05) is 17.7 Å². The van der Waals surface area contributed by atoms with E-state index in [-0.39, 0.29) is 11.5 Å². The van der Waals surface area contributed by atoms with Crippen molar-refractivity contribution in [1.29, 1.82) is 0 Å². The van der Waals surface area contributed by atoms with Crippen molar-refractivity contribution in [2.24, 2.45) is 0 Å². The maximum absolute atomic E-state index is 13.9. The number of piperazine rings is 1. The summed E-state index contributed by atoms with van der Waals surface area (Å²) < 4.78 is 19.4. The summed E-state index contributed by atoms with van der Waals surface area (Å²) in [6.07, 6.45) is 0. The van der Waals surface area contributed by atoms with E-state index in [4.69, 9.17) is 16.3 Å². The zero-order chi connectivity index (χ0) is 19.4. The molecule has 2 aromatic rings. The van der Waals surface area contributed by atoms with Gasteiger partial charge in [-0.25, -0.2) is 4.39 Å². The Bertz CT molecular complexity index is 851. The molecule has 0 unspecified atom stereocenters. The molecular formula is C20H20ClFN2O3. The monoisotopic (exact) mass is 390 g/mol. The number of halogens is 2. The van der Waals surface area contributed by atoms with Crippen LogP contribution >= 0.6 is 11.6 Å². The Morgan fingerprint density at radius 1 is 1.04 bits per heavy atom. The maximum atomic E-state index is 13.9. The van der Waals surface area contributed by atoms with Gasteiger partial charge < -0.3 is 14.5 Å².